The Balaban J connectivity index is 2.18. The highest BCUT2D eigenvalue weighted by Crippen LogP contribution is 2.31. The first-order valence-corrected chi connectivity index (χ1v) is 8.10. The first-order chi connectivity index (χ1) is 11.6. The lowest BCUT2D eigenvalue weighted by Crippen LogP contribution is -2.33. The van der Waals surface area contributed by atoms with Crippen molar-refractivity contribution in [2.24, 2.45) is 0 Å². The molecule has 1 aromatic carbocycles. The first-order valence-electron chi connectivity index (χ1n) is 7.22. The predicted molar refractivity (Wildman–Crippen MR) is 94.5 cm³/mol. The summed E-state index contributed by atoms with van der Waals surface area (Å²) in [5.41, 5.74) is 0.695. The number of nitrogens with one attached hydrogen (secondary N) is 1. The number of carbonyl (C=O) groups is 1. The van der Waals surface area contributed by atoms with E-state index < -0.39 is 11.5 Å². The number of terminal acetylenes is 1. The highest BCUT2D eigenvalue weighted by molar-refractivity contribution is 7.17. The van der Waals surface area contributed by atoms with Crippen LogP contribution < -0.4 is 10.9 Å². The number of thiophene rings is 1. The summed E-state index contributed by atoms with van der Waals surface area (Å²) < 4.78 is 1.99. The molecule has 0 unspecified atom stereocenters. The second-order valence-corrected chi connectivity index (χ2v) is 6.04. The van der Waals surface area contributed by atoms with Crippen LogP contribution in [0.25, 0.3) is 10.2 Å². The number of amides is 1. The van der Waals surface area contributed by atoms with Gasteiger partial charge in [-0.05, 0) is 17.0 Å². The molecule has 2 heterocycles. The second kappa shape index (κ2) is 6.60. The van der Waals surface area contributed by atoms with Crippen molar-refractivity contribution < 1.29 is 9.90 Å². The average Bonchev–Trinajstić information content (AvgIpc) is 3.08. The Morgan fingerprint density at radius 3 is 2.75 bits per heavy atom. The third kappa shape index (κ3) is 2.77. The maximum absolute atomic E-state index is 12.8. The Kier molecular flexibility index (Phi) is 4.36. The minimum atomic E-state index is -0.674. The Hall–Kier alpha value is -3.04. The van der Waals surface area contributed by atoms with Gasteiger partial charge in [-0.25, -0.2) is 0 Å². The van der Waals surface area contributed by atoms with Crippen molar-refractivity contribution in [2.45, 2.75) is 6.54 Å². The van der Waals surface area contributed by atoms with Gasteiger partial charge in [-0.3, -0.25) is 9.59 Å². The van der Waals surface area contributed by atoms with E-state index in [0.29, 0.717) is 16.8 Å². The summed E-state index contributed by atoms with van der Waals surface area (Å²) >= 11 is 1.27. The number of benzene rings is 1. The van der Waals surface area contributed by atoms with E-state index in [1.54, 1.807) is 11.4 Å². The molecule has 2 N–H and O–H groups in total. The monoisotopic (exact) mass is 338 g/mol. The molecule has 3 aromatic rings. The van der Waals surface area contributed by atoms with Gasteiger partial charge in [0.05, 0.1) is 23.3 Å². The molecule has 0 spiro atoms. The van der Waals surface area contributed by atoms with Crippen LogP contribution in [0, 0.1) is 12.3 Å². The van der Waals surface area contributed by atoms with Crippen molar-refractivity contribution in [3.05, 3.63) is 63.3 Å². The van der Waals surface area contributed by atoms with E-state index in [-0.39, 0.29) is 17.9 Å². The summed E-state index contributed by atoms with van der Waals surface area (Å²) in [6, 6.07) is 11.2. The molecule has 2 aromatic heterocycles. The van der Waals surface area contributed by atoms with Gasteiger partial charge in [0.1, 0.15) is 5.56 Å². The van der Waals surface area contributed by atoms with E-state index >= 15 is 0 Å². The van der Waals surface area contributed by atoms with Crippen LogP contribution in [0.15, 0.2) is 46.6 Å². The summed E-state index contributed by atoms with van der Waals surface area (Å²) in [6.45, 7) is 0.293. The van der Waals surface area contributed by atoms with Gasteiger partial charge in [0.2, 0.25) is 0 Å². The number of pyridine rings is 1. The molecule has 0 saturated heterocycles. The van der Waals surface area contributed by atoms with Crippen molar-refractivity contribution in [1.29, 1.82) is 0 Å². The summed E-state index contributed by atoms with van der Waals surface area (Å²) in [7, 11) is 0. The molecule has 0 aliphatic carbocycles. The van der Waals surface area contributed by atoms with Gasteiger partial charge >= 0.3 is 0 Å². The van der Waals surface area contributed by atoms with Crippen molar-refractivity contribution in [3.8, 4) is 18.1 Å². The average molecular weight is 338 g/mol. The fraction of sp³-hybridized carbons (Fsp3) is 0.111. The largest absolute Gasteiger partial charge is 0.505 e. The molecule has 6 heteroatoms. The van der Waals surface area contributed by atoms with Gasteiger partial charge in [0.25, 0.3) is 11.5 Å². The fourth-order valence-corrected chi connectivity index (χ4v) is 3.34. The number of aromatic hydroxyl groups is 1. The molecule has 24 heavy (non-hydrogen) atoms. The molecule has 0 bridgehead atoms. The fourth-order valence-electron chi connectivity index (χ4n) is 2.50. The Labute approximate surface area is 142 Å². The smallest absolute Gasteiger partial charge is 0.268 e. The summed E-state index contributed by atoms with van der Waals surface area (Å²) in [4.78, 5) is 25.0. The third-order valence-corrected chi connectivity index (χ3v) is 4.52. The Morgan fingerprint density at radius 2 is 2.04 bits per heavy atom. The van der Waals surface area contributed by atoms with Gasteiger partial charge in [0, 0.05) is 0 Å². The minimum Gasteiger partial charge on any atom is -0.505 e. The Morgan fingerprint density at radius 1 is 1.29 bits per heavy atom. The maximum Gasteiger partial charge on any atom is 0.268 e. The topological polar surface area (TPSA) is 71.3 Å². The van der Waals surface area contributed by atoms with Crippen LogP contribution in [0.4, 0.5) is 0 Å². The zero-order chi connectivity index (χ0) is 17.1. The maximum atomic E-state index is 12.8. The molecule has 0 radical (unpaired) electrons. The van der Waals surface area contributed by atoms with E-state index in [2.05, 4.69) is 11.2 Å². The van der Waals surface area contributed by atoms with Crippen LogP contribution in [0.2, 0.25) is 0 Å². The lowest BCUT2D eigenvalue weighted by Gasteiger charge is -2.12. The molecule has 3 rings (SSSR count). The molecule has 120 valence electrons. The van der Waals surface area contributed by atoms with Crippen LogP contribution in [-0.4, -0.2) is 22.1 Å². The standard InChI is InChI=1S/C18H14N2O3S/c1-2-9-19-17(22)14-15(21)16-13(8-10-24-16)20(18(14)23)11-12-6-4-3-5-7-12/h1,3-8,10,21H,9,11H2,(H,19,22). The number of hydrogen-bond donors (Lipinski definition) is 2. The highest BCUT2D eigenvalue weighted by Gasteiger charge is 2.22. The summed E-state index contributed by atoms with van der Waals surface area (Å²) in [6.07, 6.45) is 5.13. The minimum absolute atomic E-state index is 0.0150. The van der Waals surface area contributed by atoms with E-state index in [1.165, 1.54) is 15.9 Å². The quantitative estimate of drug-likeness (QED) is 0.716. The van der Waals surface area contributed by atoms with Crippen molar-refractivity contribution in [1.82, 2.24) is 9.88 Å². The third-order valence-electron chi connectivity index (χ3n) is 3.61. The number of hydrogen-bond acceptors (Lipinski definition) is 4. The van der Waals surface area contributed by atoms with E-state index in [9.17, 15) is 14.7 Å². The van der Waals surface area contributed by atoms with Crippen LogP contribution in [0.5, 0.6) is 5.75 Å². The molecule has 0 fully saturated rings. The van der Waals surface area contributed by atoms with Crippen LogP contribution in [0.3, 0.4) is 0 Å². The molecule has 0 saturated carbocycles. The van der Waals surface area contributed by atoms with Gasteiger partial charge < -0.3 is 15.0 Å². The lowest BCUT2D eigenvalue weighted by atomic mass is 10.1. The Bertz CT molecular complexity index is 997. The summed E-state index contributed by atoms with van der Waals surface area (Å²) in [5.74, 6) is 1.30. The molecule has 0 atom stereocenters. The first kappa shape index (κ1) is 15.8. The van der Waals surface area contributed by atoms with Gasteiger partial charge in [-0.15, -0.1) is 17.8 Å². The van der Waals surface area contributed by atoms with Crippen LogP contribution in [0.1, 0.15) is 15.9 Å². The van der Waals surface area contributed by atoms with Gasteiger partial charge in [0.15, 0.2) is 5.75 Å². The molecular formula is C18H14N2O3S. The molecular weight excluding hydrogens is 324 g/mol. The van der Waals surface area contributed by atoms with Crippen LogP contribution in [-0.2, 0) is 6.54 Å². The molecule has 1 amide bonds. The number of carbonyl (C=O) groups excluding carboxylic acids is 1. The normalized spacial score (nSPS) is 10.5. The SMILES string of the molecule is C#CCNC(=O)c1c(O)c2sccc2n(Cc2ccccc2)c1=O. The predicted octanol–water partition coefficient (Wildman–Crippen LogP) is 2.18. The number of nitrogens with zero attached hydrogens (tertiary/aromatic N) is 1. The van der Waals surface area contributed by atoms with Crippen LogP contribution >= 0.6 is 11.3 Å². The van der Waals surface area contributed by atoms with Gasteiger partial charge in [-0.2, -0.15) is 0 Å². The zero-order valence-corrected chi connectivity index (χ0v) is 13.5. The van der Waals surface area contributed by atoms with E-state index in [4.69, 9.17) is 6.42 Å². The number of aromatic nitrogens is 1. The summed E-state index contributed by atoms with van der Waals surface area (Å²) in [5, 5.41) is 14.6. The number of fused-ring (bicyclic) bond motifs is 1. The van der Waals surface area contributed by atoms with Crippen molar-refractivity contribution in [3.63, 3.8) is 0 Å². The molecule has 0 aliphatic rings. The van der Waals surface area contributed by atoms with Crippen molar-refractivity contribution >= 4 is 27.5 Å². The van der Waals surface area contributed by atoms with E-state index in [1.807, 2.05) is 30.3 Å². The van der Waals surface area contributed by atoms with Gasteiger partial charge in [-0.1, -0.05) is 36.3 Å². The van der Waals surface area contributed by atoms with E-state index in [0.717, 1.165) is 5.56 Å². The zero-order valence-electron chi connectivity index (χ0n) is 12.7. The highest BCUT2D eigenvalue weighted by atomic mass is 32.1. The molecule has 5 nitrogen and oxygen atoms in total. The molecule has 0 aliphatic heterocycles. The second-order valence-electron chi connectivity index (χ2n) is 5.12. The number of rotatable bonds is 4. The van der Waals surface area contributed by atoms with Crippen molar-refractivity contribution in [2.75, 3.05) is 6.54 Å². The lowest BCUT2D eigenvalue weighted by molar-refractivity contribution is 0.0954.